The van der Waals surface area contributed by atoms with Crippen LogP contribution in [0, 0.1) is 0 Å². The minimum absolute atomic E-state index is 0.0661. The second kappa shape index (κ2) is 7.52. The summed E-state index contributed by atoms with van der Waals surface area (Å²) in [7, 11) is 0. The number of thiazole rings is 1. The van der Waals surface area contributed by atoms with Gasteiger partial charge in [-0.3, -0.25) is 9.20 Å². The van der Waals surface area contributed by atoms with E-state index < -0.39 is 0 Å². The van der Waals surface area contributed by atoms with Crippen LogP contribution < -0.4 is 10.2 Å². The van der Waals surface area contributed by atoms with Gasteiger partial charge in [-0.1, -0.05) is 18.9 Å². The van der Waals surface area contributed by atoms with Crippen LogP contribution in [0.15, 0.2) is 36.0 Å². The average molecular weight is 412 g/mol. The molecule has 0 spiro atoms. The summed E-state index contributed by atoms with van der Waals surface area (Å²) in [6, 6.07) is 6.05. The molecule has 5 rings (SSSR count). The van der Waals surface area contributed by atoms with E-state index in [0.717, 1.165) is 39.8 Å². The molecule has 4 aromatic heterocycles. The van der Waals surface area contributed by atoms with Gasteiger partial charge < -0.3 is 10.2 Å². The number of pyridine rings is 1. The normalized spacial score (nSPS) is 15.2. The van der Waals surface area contributed by atoms with Gasteiger partial charge in [0.1, 0.15) is 10.6 Å². The van der Waals surface area contributed by atoms with E-state index in [1.54, 1.807) is 11.3 Å². The van der Waals surface area contributed by atoms with Crippen LogP contribution in [-0.2, 0) is 6.54 Å². The number of rotatable bonds is 4. The number of fused-ring (bicyclic) bond motifs is 3. The van der Waals surface area contributed by atoms with Crippen LogP contribution in [0.3, 0.4) is 0 Å². The number of imidazole rings is 1. The van der Waals surface area contributed by atoms with Gasteiger partial charge in [0.05, 0.1) is 10.4 Å². The molecular weight excluding hydrogens is 390 g/mol. The molecule has 0 bridgehead atoms. The van der Waals surface area contributed by atoms with Gasteiger partial charge in [0.25, 0.3) is 5.91 Å². The topological polar surface area (TPSA) is 62.5 Å². The monoisotopic (exact) mass is 411 g/mol. The summed E-state index contributed by atoms with van der Waals surface area (Å²) in [5.41, 5.74) is 2.00. The molecule has 1 aliphatic rings. The Hall–Kier alpha value is -2.45. The maximum atomic E-state index is 12.5. The van der Waals surface area contributed by atoms with Crippen LogP contribution in [0.1, 0.15) is 40.9 Å². The first-order chi connectivity index (χ1) is 13.8. The lowest BCUT2D eigenvalue weighted by molar-refractivity contribution is 0.0955. The minimum atomic E-state index is -0.0661. The maximum absolute atomic E-state index is 12.5. The molecule has 28 heavy (non-hydrogen) atoms. The average Bonchev–Trinajstić information content (AvgIpc) is 3.33. The van der Waals surface area contributed by atoms with Crippen molar-refractivity contribution in [3.05, 3.63) is 46.4 Å². The van der Waals surface area contributed by atoms with Crippen LogP contribution in [0.25, 0.3) is 15.3 Å². The van der Waals surface area contributed by atoms with Crippen molar-refractivity contribution in [3.63, 3.8) is 0 Å². The molecule has 1 fully saturated rings. The van der Waals surface area contributed by atoms with Crippen molar-refractivity contribution >= 4 is 49.7 Å². The minimum Gasteiger partial charge on any atom is -0.357 e. The Balaban J connectivity index is 1.24. The van der Waals surface area contributed by atoms with Crippen LogP contribution in [0.5, 0.6) is 0 Å². The van der Waals surface area contributed by atoms with E-state index in [1.165, 1.54) is 37.0 Å². The largest absolute Gasteiger partial charge is 0.357 e. The van der Waals surface area contributed by atoms with E-state index >= 15 is 0 Å². The number of hydrogen-bond acceptors (Lipinski definition) is 6. The number of hydrogen-bond donors (Lipinski definition) is 1. The predicted molar refractivity (Wildman–Crippen MR) is 115 cm³/mol. The zero-order chi connectivity index (χ0) is 18.9. The van der Waals surface area contributed by atoms with Gasteiger partial charge >= 0.3 is 0 Å². The highest BCUT2D eigenvalue weighted by Gasteiger charge is 2.15. The van der Waals surface area contributed by atoms with Crippen molar-refractivity contribution in [3.8, 4) is 0 Å². The van der Waals surface area contributed by atoms with E-state index in [2.05, 4.69) is 32.3 Å². The van der Waals surface area contributed by atoms with Crippen LogP contribution in [0.4, 0.5) is 5.82 Å². The highest BCUT2D eigenvalue weighted by molar-refractivity contribution is 7.21. The molecule has 1 N–H and O–H groups in total. The molecule has 0 atom stereocenters. The van der Waals surface area contributed by atoms with Crippen LogP contribution >= 0.6 is 22.7 Å². The van der Waals surface area contributed by atoms with Crippen LogP contribution in [0.2, 0.25) is 0 Å². The number of aromatic nitrogens is 3. The summed E-state index contributed by atoms with van der Waals surface area (Å²) in [6.45, 7) is 2.64. The van der Waals surface area contributed by atoms with Crippen molar-refractivity contribution in [2.24, 2.45) is 0 Å². The van der Waals surface area contributed by atoms with Crippen molar-refractivity contribution in [2.75, 3.05) is 18.0 Å². The first-order valence-corrected chi connectivity index (χ1v) is 11.3. The van der Waals surface area contributed by atoms with E-state index in [0.29, 0.717) is 11.4 Å². The molecule has 0 unspecified atom stereocenters. The fourth-order valence-electron chi connectivity index (χ4n) is 3.64. The lowest BCUT2D eigenvalue weighted by Crippen LogP contribution is -2.25. The summed E-state index contributed by atoms with van der Waals surface area (Å²) in [5, 5.41) is 5.00. The molecule has 0 saturated carbocycles. The fourth-order valence-corrected chi connectivity index (χ4v) is 5.35. The van der Waals surface area contributed by atoms with Gasteiger partial charge in [-0.05, 0) is 30.5 Å². The van der Waals surface area contributed by atoms with Crippen molar-refractivity contribution in [1.82, 2.24) is 19.7 Å². The molecule has 0 aromatic carbocycles. The highest BCUT2D eigenvalue weighted by atomic mass is 32.1. The Kier molecular flexibility index (Phi) is 4.74. The van der Waals surface area contributed by atoms with Crippen LogP contribution in [-0.4, -0.2) is 33.4 Å². The van der Waals surface area contributed by atoms with Gasteiger partial charge in [0.2, 0.25) is 0 Å². The molecule has 1 amide bonds. The number of nitrogens with one attached hydrogen (secondary N) is 1. The standard InChI is InChI=1S/C20H21N5OS2/c26-18(16-11-15-19(28-16)23-20-25(15)9-10-27-20)22-13-14-5-6-17(21-12-14)24-7-3-1-2-4-8-24/h5-6,9-12H,1-4,7-8,13H2,(H,22,26). The molecule has 1 saturated heterocycles. The Morgan fingerprint density at radius 2 is 2.04 bits per heavy atom. The van der Waals surface area contributed by atoms with Gasteiger partial charge in [0, 0.05) is 37.4 Å². The first kappa shape index (κ1) is 17.6. The number of anilines is 1. The molecule has 0 aliphatic carbocycles. The van der Waals surface area contributed by atoms with E-state index in [-0.39, 0.29) is 5.91 Å². The number of carbonyl (C=O) groups is 1. The highest BCUT2D eigenvalue weighted by Crippen LogP contribution is 2.28. The molecule has 4 aromatic rings. The number of amides is 1. The second-order valence-corrected chi connectivity index (χ2v) is 8.98. The fraction of sp³-hybridized carbons (Fsp3) is 0.350. The summed E-state index contributed by atoms with van der Waals surface area (Å²) in [6.07, 6.45) is 8.96. The zero-order valence-electron chi connectivity index (χ0n) is 15.4. The number of carbonyl (C=O) groups excluding carboxylic acids is 1. The Labute approximate surface area is 170 Å². The maximum Gasteiger partial charge on any atom is 0.261 e. The molecule has 0 radical (unpaired) electrons. The second-order valence-electron chi connectivity index (χ2n) is 7.08. The predicted octanol–water partition coefficient (Wildman–Crippen LogP) is 4.32. The molecular formula is C20H21N5OS2. The molecule has 144 valence electrons. The first-order valence-electron chi connectivity index (χ1n) is 9.61. The summed E-state index contributed by atoms with van der Waals surface area (Å²) >= 11 is 3.03. The van der Waals surface area contributed by atoms with Gasteiger partial charge in [-0.25, -0.2) is 9.97 Å². The Morgan fingerprint density at radius 3 is 2.82 bits per heavy atom. The Bertz CT molecular complexity index is 1100. The van der Waals surface area contributed by atoms with E-state index in [4.69, 9.17) is 0 Å². The molecule has 6 nitrogen and oxygen atoms in total. The van der Waals surface area contributed by atoms with Crippen molar-refractivity contribution < 1.29 is 4.79 Å². The SMILES string of the molecule is O=C(NCc1ccc(N2CCCCCC2)nc1)c1cc2c(nc3sccn32)s1. The van der Waals surface area contributed by atoms with E-state index in [9.17, 15) is 4.79 Å². The molecule has 5 heterocycles. The smallest absolute Gasteiger partial charge is 0.261 e. The van der Waals surface area contributed by atoms with Crippen molar-refractivity contribution in [1.29, 1.82) is 0 Å². The molecule has 1 aliphatic heterocycles. The summed E-state index contributed by atoms with van der Waals surface area (Å²) < 4.78 is 2.03. The van der Waals surface area contributed by atoms with Gasteiger partial charge in [0.15, 0.2) is 4.96 Å². The lowest BCUT2D eigenvalue weighted by Gasteiger charge is -2.21. The molecule has 8 heteroatoms. The summed E-state index contributed by atoms with van der Waals surface area (Å²) in [4.78, 5) is 26.6. The number of nitrogens with zero attached hydrogens (tertiary/aromatic N) is 4. The third kappa shape index (κ3) is 3.38. The summed E-state index contributed by atoms with van der Waals surface area (Å²) in [5.74, 6) is 0.973. The Morgan fingerprint density at radius 1 is 1.18 bits per heavy atom. The number of thiophene rings is 1. The van der Waals surface area contributed by atoms with Gasteiger partial charge in [-0.2, -0.15) is 0 Å². The van der Waals surface area contributed by atoms with E-state index in [1.807, 2.05) is 28.2 Å². The third-order valence-corrected chi connectivity index (χ3v) is 6.93. The lowest BCUT2D eigenvalue weighted by atomic mass is 10.2. The van der Waals surface area contributed by atoms with Gasteiger partial charge in [-0.15, -0.1) is 22.7 Å². The quantitative estimate of drug-likeness (QED) is 0.543. The zero-order valence-corrected chi connectivity index (χ0v) is 17.1. The van der Waals surface area contributed by atoms with Crippen molar-refractivity contribution in [2.45, 2.75) is 32.2 Å². The third-order valence-electron chi connectivity index (χ3n) is 5.16.